The first-order valence-electron chi connectivity index (χ1n) is 10.1. The minimum atomic E-state index is -3.44. The van der Waals surface area contributed by atoms with Gasteiger partial charge in [-0.1, -0.05) is 12.5 Å². The number of sulfonamides is 1. The Morgan fingerprint density at radius 2 is 1.93 bits per heavy atom. The molecule has 0 aliphatic carbocycles. The fourth-order valence-corrected chi connectivity index (χ4v) is 5.29. The second kappa shape index (κ2) is 8.97. The lowest BCUT2D eigenvalue weighted by molar-refractivity contribution is -0.125. The van der Waals surface area contributed by atoms with Crippen molar-refractivity contribution >= 4 is 21.6 Å². The number of piperidine rings is 1. The Morgan fingerprint density at radius 3 is 2.55 bits per heavy atom. The largest absolute Gasteiger partial charge is 0.372 e. The Balaban J connectivity index is 1.63. The Kier molecular flexibility index (Phi) is 6.80. The topological polar surface area (TPSA) is 79.0 Å². The smallest absolute Gasteiger partial charge is 0.238 e. The number of carbonyl (C=O) groups is 1. The summed E-state index contributed by atoms with van der Waals surface area (Å²) in [6.07, 6.45) is 3.25. The maximum atomic E-state index is 14.7. The molecule has 1 N–H and O–H groups in total. The molecule has 0 radical (unpaired) electrons. The molecule has 1 amide bonds. The van der Waals surface area contributed by atoms with E-state index in [1.807, 2.05) is 18.7 Å². The molecule has 7 nitrogen and oxygen atoms in total. The molecular formula is C20H30FN3O4S. The van der Waals surface area contributed by atoms with Crippen LogP contribution < -0.4 is 10.2 Å². The van der Waals surface area contributed by atoms with Crippen molar-refractivity contribution in [1.29, 1.82) is 0 Å². The number of amides is 1. The van der Waals surface area contributed by atoms with Crippen LogP contribution in [0.1, 0.15) is 38.7 Å². The third-order valence-corrected chi connectivity index (χ3v) is 6.71. The molecule has 1 aromatic carbocycles. The van der Waals surface area contributed by atoms with Crippen LogP contribution in [0.2, 0.25) is 0 Å². The molecule has 2 heterocycles. The van der Waals surface area contributed by atoms with E-state index in [2.05, 4.69) is 5.32 Å². The van der Waals surface area contributed by atoms with Crippen molar-refractivity contribution in [2.24, 2.45) is 0 Å². The van der Waals surface area contributed by atoms with Gasteiger partial charge in [0.15, 0.2) is 0 Å². The number of nitrogens with one attached hydrogen (secondary N) is 1. The van der Waals surface area contributed by atoms with Gasteiger partial charge >= 0.3 is 0 Å². The van der Waals surface area contributed by atoms with Crippen LogP contribution in [0.25, 0.3) is 0 Å². The first kappa shape index (κ1) is 22.0. The molecule has 162 valence electrons. The first-order valence-corrected chi connectivity index (χ1v) is 11.9. The number of nitrogens with zero attached hydrogens (tertiary/aromatic N) is 2. The van der Waals surface area contributed by atoms with Gasteiger partial charge in [-0.3, -0.25) is 4.79 Å². The van der Waals surface area contributed by atoms with Crippen LogP contribution in [0.4, 0.5) is 10.1 Å². The molecule has 0 aromatic heterocycles. The molecule has 2 aliphatic heterocycles. The molecule has 3 unspecified atom stereocenters. The maximum Gasteiger partial charge on any atom is 0.238 e. The van der Waals surface area contributed by atoms with E-state index in [0.29, 0.717) is 37.3 Å². The van der Waals surface area contributed by atoms with Gasteiger partial charge in [0, 0.05) is 26.2 Å². The van der Waals surface area contributed by atoms with Crippen LogP contribution in [0.5, 0.6) is 0 Å². The van der Waals surface area contributed by atoms with Gasteiger partial charge in [-0.25, -0.2) is 12.8 Å². The van der Waals surface area contributed by atoms with Crippen LogP contribution >= 0.6 is 0 Å². The lowest BCUT2D eigenvalue weighted by atomic mass is 10.0. The van der Waals surface area contributed by atoms with E-state index in [1.54, 1.807) is 12.1 Å². The van der Waals surface area contributed by atoms with Gasteiger partial charge in [-0.05, 0) is 44.4 Å². The normalized spacial score (nSPS) is 26.3. The minimum Gasteiger partial charge on any atom is -0.372 e. The van der Waals surface area contributed by atoms with Gasteiger partial charge in [0.2, 0.25) is 15.9 Å². The van der Waals surface area contributed by atoms with Gasteiger partial charge in [-0.15, -0.1) is 0 Å². The van der Waals surface area contributed by atoms with E-state index in [1.165, 1.54) is 10.4 Å². The van der Waals surface area contributed by atoms with Crippen molar-refractivity contribution in [2.75, 3.05) is 30.8 Å². The third kappa shape index (κ3) is 5.46. The summed E-state index contributed by atoms with van der Waals surface area (Å²) in [5, 5.41) is 2.77. The number of halogens is 1. The average molecular weight is 428 g/mol. The van der Waals surface area contributed by atoms with Crippen LogP contribution in [0, 0.1) is 5.82 Å². The van der Waals surface area contributed by atoms with Crippen LogP contribution in [0.3, 0.4) is 0 Å². The van der Waals surface area contributed by atoms with Gasteiger partial charge in [0.05, 0.1) is 24.2 Å². The quantitative estimate of drug-likeness (QED) is 0.776. The van der Waals surface area contributed by atoms with E-state index >= 15 is 0 Å². The van der Waals surface area contributed by atoms with E-state index in [9.17, 15) is 17.6 Å². The predicted molar refractivity (Wildman–Crippen MR) is 110 cm³/mol. The molecule has 3 atom stereocenters. The number of morpholine rings is 1. The number of hydrogen-bond donors (Lipinski definition) is 1. The van der Waals surface area contributed by atoms with E-state index < -0.39 is 16.1 Å². The summed E-state index contributed by atoms with van der Waals surface area (Å²) in [5.74, 6) is -0.677. The van der Waals surface area contributed by atoms with Crippen LogP contribution in [-0.2, 0) is 26.1 Å². The van der Waals surface area contributed by atoms with E-state index in [-0.39, 0.29) is 30.5 Å². The monoisotopic (exact) mass is 427 g/mol. The number of hydrogen-bond acceptors (Lipinski definition) is 5. The van der Waals surface area contributed by atoms with Crippen LogP contribution in [-0.4, -0.2) is 62.8 Å². The zero-order chi connectivity index (χ0) is 21.2. The third-order valence-electron chi connectivity index (χ3n) is 5.42. The molecule has 0 spiro atoms. The summed E-state index contributed by atoms with van der Waals surface area (Å²) in [6.45, 7) is 5.70. The zero-order valence-corrected chi connectivity index (χ0v) is 18.0. The Labute approximate surface area is 172 Å². The summed E-state index contributed by atoms with van der Waals surface area (Å²) in [4.78, 5) is 14.5. The van der Waals surface area contributed by atoms with Crippen molar-refractivity contribution < 1.29 is 22.3 Å². The minimum absolute atomic E-state index is 0.0328. The molecule has 0 bridgehead atoms. The SMILES string of the molecule is CC1CN(c2ccc(CNC(=O)C3CCCCN3S(C)(=O)=O)cc2F)CC(C)O1. The highest BCUT2D eigenvalue weighted by Crippen LogP contribution is 2.25. The lowest BCUT2D eigenvalue weighted by Gasteiger charge is -2.37. The maximum absolute atomic E-state index is 14.7. The van der Waals surface area contributed by atoms with Crippen molar-refractivity contribution in [3.05, 3.63) is 29.6 Å². The van der Waals surface area contributed by atoms with Crippen molar-refractivity contribution in [2.45, 2.75) is 57.9 Å². The summed E-state index contributed by atoms with van der Waals surface area (Å²) >= 11 is 0. The van der Waals surface area contributed by atoms with Gasteiger partial charge < -0.3 is 15.0 Å². The summed E-state index contributed by atoms with van der Waals surface area (Å²) in [7, 11) is -3.44. The van der Waals surface area contributed by atoms with Gasteiger partial charge in [0.25, 0.3) is 0 Å². The lowest BCUT2D eigenvalue weighted by Crippen LogP contribution is -2.51. The highest BCUT2D eigenvalue weighted by molar-refractivity contribution is 7.88. The highest BCUT2D eigenvalue weighted by atomic mass is 32.2. The molecule has 9 heteroatoms. The molecule has 2 fully saturated rings. The fraction of sp³-hybridized carbons (Fsp3) is 0.650. The second-order valence-corrected chi connectivity index (χ2v) is 9.99. The van der Waals surface area contributed by atoms with Crippen LogP contribution in [0.15, 0.2) is 18.2 Å². The van der Waals surface area contributed by atoms with E-state index in [0.717, 1.165) is 19.1 Å². The van der Waals surface area contributed by atoms with Gasteiger partial charge in [-0.2, -0.15) is 4.31 Å². The molecule has 29 heavy (non-hydrogen) atoms. The zero-order valence-electron chi connectivity index (χ0n) is 17.2. The Bertz CT molecular complexity index is 838. The summed E-state index contributed by atoms with van der Waals surface area (Å²) < 4.78 is 45.5. The standard InChI is InChI=1S/C20H30FN3O4S/c1-14-12-23(13-15(2)28-14)18-8-7-16(10-17(18)21)11-22-20(25)19-6-4-5-9-24(19)29(3,26)27/h7-8,10,14-15,19H,4-6,9,11-13H2,1-3H3,(H,22,25). The fourth-order valence-electron chi connectivity index (χ4n) is 4.16. The second-order valence-electron chi connectivity index (χ2n) is 8.05. The van der Waals surface area contributed by atoms with Crippen molar-refractivity contribution in [3.63, 3.8) is 0 Å². The Morgan fingerprint density at radius 1 is 1.24 bits per heavy atom. The number of benzene rings is 1. The average Bonchev–Trinajstić information content (AvgIpc) is 2.64. The molecule has 3 rings (SSSR count). The first-order chi connectivity index (χ1) is 13.6. The summed E-state index contributed by atoms with van der Waals surface area (Å²) in [6, 6.07) is 4.25. The van der Waals surface area contributed by atoms with E-state index in [4.69, 9.17) is 4.74 Å². The molecule has 2 aliphatic rings. The summed E-state index contributed by atoms with van der Waals surface area (Å²) in [5.41, 5.74) is 1.16. The van der Waals surface area contributed by atoms with Crippen molar-refractivity contribution in [3.8, 4) is 0 Å². The van der Waals surface area contributed by atoms with Crippen molar-refractivity contribution in [1.82, 2.24) is 9.62 Å². The number of ether oxygens (including phenoxy) is 1. The highest BCUT2D eigenvalue weighted by Gasteiger charge is 2.34. The number of rotatable bonds is 5. The van der Waals surface area contributed by atoms with Gasteiger partial charge in [0.1, 0.15) is 11.9 Å². The molecule has 1 aromatic rings. The predicted octanol–water partition coefficient (Wildman–Crippen LogP) is 1.87. The Hall–Kier alpha value is -1.71. The molecular weight excluding hydrogens is 397 g/mol. The molecule has 0 saturated carbocycles. The molecule has 2 saturated heterocycles. The number of carbonyl (C=O) groups excluding carboxylic acids is 1. The number of anilines is 1.